The summed E-state index contributed by atoms with van der Waals surface area (Å²) in [6.45, 7) is 4.81. The van der Waals surface area contributed by atoms with E-state index in [0.717, 1.165) is 27.6 Å². The molecule has 1 aromatic heterocycles. The molecule has 7 aromatic rings. The summed E-state index contributed by atoms with van der Waals surface area (Å²) < 4.78 is 6.09. The van der Waals surface area contributed by atoms with Gasteiger partial charge in [-0.25, -0.2) is 0 Å². The first kappa shape index (κ1) is 26.1. The molecule has 6 aromatic carbocycles. The largest absolute Gasteiger partial charge is 0.456 e. The Hall–Kier alpha value is -5.34. The zero-order valence-corrected chi connectivity index (χ0v) is 25.4. The number of furan rings is 1. The molecule has 2 unspecified atom stereocenters. The molecule has 0 fully saturated rings. The normalized spacial score (nSPS) is 18.0. The van der Waals surface area contributed by atoms with E-state index in [9.17, 15) is 0 Å². The Morgan fingerprint density at radius 3 is 2.18 bits per heavy atom. The van der Waals surface area contributed by atoms with E-state index in [1.54, 1.807) is 0 Å². The Morgan fingerprint density at radius 1 is 0.578 bits per heavy atom. The SMILES string of the molecule is CC1(C)c2cc(N(c3ccc(-c4ccc5oc6ccccc6c5c4)cc3)c3cccc4ccccc34)ccc2C2C=CC=CC21. The van der Waals surface area contributed by atoms with Gasteiger partial charge in [0.25, 0.3) is 0 Å². The molecule has 9 rings (SSSR count). The lowest BCUT2D eigenvalue weighted by molar-refractivity contribution is 0.394. The van der Waals surface area contributed by atoms with Crippen LogP contribution in [0.4, 0.5) is 17.1 Å². The highest BCUT2D eigenvalue weighted by Crippen LogP contribution is 2.54. The van der Waals surface area contributed by atoms with Gasteiger partial charge in [-0.3, -0.25) is 0 Å². The minimum absolute atomic E-state index is 0.0431. The molecule has 2 aliphatic carbocycles. The predicted octanol–water partition coefficient (Wildman–Crippen LogP) is 12.0. The topological polar surface area (TPSA) is 16.4 Å². The smallest absolute Gasteiger partial charge is 0.135 e. The van der Waals surface area contributed by atoms with Crippen molar-refractivity contribution in [2.24, 2.45) is 5.92 Å². The summed E-state index contributed by atoms with van der Waals surface area (Å²) in [4.78, 5) is 2.43. The van der Waals surface area contributed by atoms with E-state index in [2.05, 4.69) is 158 Å². The molecule has 45 heavy (non-hydrogen) atoms. The molecular formula is C43H33NO. The molecule has 0 amide bonds. The van der Waals surface area contributed by atoms with Gasteiger partial charge in [-0.05, 0) is 87.5 Å². The maximum Gasteiger partial charge on any atom is 0.135 e. The molecule has 0 saturated heterocycles. The molecule has 1 heterocycles. The molecule has 0 radical (unpaired) electrons. The summed E-state index contributed by atoms with van der Waals surface area (Å²) in [5, 5.41) is 4.77. The number of hydrogen-bond acceptors (Lipinski definition) is 2. The van der Waals surface area contributed by atoms with Crippen molar-refractivity contribution in [1.82, 2.24) is 0 Å². The molecule has 216 valence electrons. The maximum absolute atomic E-state index is 6.09. The molecule has 2 heteroatoms. The monoisotopic (exact) mass is 579 g/mol. The van der Waals surface area contributed by atoms with Crippen molar-refractivity contribution < 1.29 is 4.42 Å². The minimum Gasteiger partial charge on any atom is -0.456 e. The molecule has 2 atom stereocenters. The Balaban J connectivity index is 1.18. The van der Waals surface area contributed by atoms with Crippen LogP contribution in [0.2, 0.25) is 0 Å². The zero-order chi connectivity index (χ0) is 30.1. The Morgan fingerprint density at radius 2 is 1.29 bits per heavy atom. The lowest BCUT2D eigenvalue weighted by Crippen LogP contribution is -2.24. The average Bonchev–Trinajstić information content (AvgIpc) is 3.57. The summed E-state index contributed by atoms with van der Waals surface area (Å²) in [5.41, 5.74) is 10.6. The third-order valence-corrected chi connectivity index (χ3v) is 10.2. The van der Waals surface area contributed by atoms with Crippen molar-refractivity contribution in [3.63, 3.8) is 0 Å². The van der Waals surface area contributed by atoms with E-state index in [1.165, 1.54) is 44.4 Å². The number of para-hydroxylation sites is 1. The van der Waals surface area contributed by atoms with E-state index >= 15 is 0 Å². The van der Waals surface area contributed by atoms with Crippen LogP contribution in [0.3, 0.4) is 0 Å². The van der Waals surface area contributed by atoms with Gasteiger partial charge in [0.2, 0.25) is 0 Å². The average molecular weight is 580 g/mol. The van der Waals surface area contributed by atoms with E-state index in [-0.39, 0.29) is 5.41 Å². The van der Waals surface area contributed by atoms with E-state index in [4.69, 9.17) is 4.42 Å². The highest BCUT2D eigenvalue weighted by atomic mass is 16.3. The van der Waals surface area contributed by atoms with Crippen LogP contribution in [0.25, 0.3) is 43.8 Å². The molecule has 0 spiro atoms. The third-order valence-electron chi connectivity index (χ3n) is 10.2. The predicted molar refractivity (Wildman–Crippen MR) is 189 cm³/mol. The Labute approximate surface area is 263 Å². The lowest BCUT2D eigenvalue weighted by atomic mass is 9.74. The number of anilines is 3. The van der Waals surface area contributed by atoms with Crippen LogP contribution in [-0.4, -0.2) is 0 Å². The van der Waals surface area contributed by atoms with Gasteiger partial charge >= 0.3 is 0 Å². The van der Waals surface area contributed by atoms with Gasteiger partial charge in [0, 0.05) is 33.5 Å². The molecule has 0 aliphatic heterocycles. The number of fused-ring (bicyclic) bond motifs is 7. The van der Waals surface area contributed by atoms with Gasteiger partial charge in [-0.1, -0.05) is 117 Å². The quantitative estimate of drug-likeness (QED) is 0.206. The van der Waals surface area contributed by atoms with Crippen molar-refractivity contribution in [1.29, 1.82) is 0 Å². The van der Waals surface area contributed by atoms with Gasteiger partial charge in [-0.2, -0.15) is 0 Å². The molecule has 0 N–H and O–H groups in total. The van der Waals surface area contributed by atoms with Crippen LogP contribution in [0, 0.1) is 5.92 Å². The third kappa shape index (κ3) is 4.02. The second-order valence-corrected chi connectivity index (χ2v) is 13.0. The van der Waals surface area contributed by atoms with Crippen molar-refractivity contribution in [2.45, 2.75) is 25.2 Å². The Kier molecular flexibility index (Phi) is 5.70. The van der Waals surface area contributed by atoms with Crippen LogP contribution in [-0.2, 0) is 5.41 Å². The molecule has 0 bridgehead atoms. The first-order valence-electron chi connectivity index (χ1n) is 15.9. The number of benzene rings is 6. The van der Waals surface area contributed by atoms with Gasteiger partial charge in [0.05, 0.1) is 5.69 Å². The lowest BCUT2D eigenvalue weighted by Gasteiger charge is -2.31. The molecule has 0 saturated carbocycles. The zero-order valence-electron chi connectivity index (χ0n) is 25.4. The highest BCUT2D eigenvalue weighted by Gasteiger charge is 2.44. The minimum atomic E-state index is 0.0431. The van der Waals surface area contributed by atoms with Gasteiger partial charge in [-0.15, -0.1) is 0 Å². The summed E-state index contributed by atoms with van der Waals surface area (Å²) >= 11 is 0. The van der Waals surface area contributed by atoms with E-state index in [1.807, 2.05) is 12.1 Å². The fourth-order valence-electron chi connectivity index (χ4n) is 7.84. The van der Waals surface area contributed by atoms with Crippen molar-refractivity contribution in [3.8, 4) is 11.1 Å². The summed E-state index contributed by atoms with van der Waals surface area (Å²) in [7, 11) is 0. The van der Waals surface area contributed by atoms with Crippen LogP contribution >= 0.6 is 0 Å². The van der Waals surface area contributed by atoms with Crippen LogP contribution in [0.15, 0.2) is 156 Å². The van der Waals surface area contributed by atoms with Crippen molar-refractivity contribution in [2.75, 3.05) is 4.90 Å². The van der Waals surface area contributed by atoms with Crippen LogP contribution < -0.4 is 4.90 Å². The van der Waals surface area contributed by atoms with Gasteiger partial charge in [0.15, 0.2) is 0 Å². The fourth-order valence-corrected chi connectivity index (χ4v) is 7.84. The standard InChI is InChI=1S/C43H33NO/c1-43(2)38-15-7-5-13-34(38)35-24-23-32(27-39(35)43)44(40-16-9-11-29-10-3-4-12-33(29)40)31-21-18-28(19-22-31)30-20-25-42-37(26-30)36-14-6-8-17-41(36)45-42/h3-27,34,38H,1-2H3. The second-order valence-electron chi connectivity index (χ2n) is 13.0. The number of nitrogens with zero attached hydrogens (tertiary/aromatic N) is 1. The number of allylic oxidation sites excluding steroid dienone is 4. The van der Waals surface area contributed by atoms with Crippen LogP contribution in [0.5, 0.6) is 0 Å². The first-order valence-corrected chi connectivity index (χ1v) is 15.9. The van der Waals surface area contributed by atoms with Crippen molar-refractivity contribution in [3.05, 3.63) is 163 Å². The number of hydrogen-bond donors (Lipinski definition) is 0. The maximum atomic E-state index is 6.09. The van der Waals surface area contributed by atoms with Gasteiger partial charge in [0.1, 0.15) is 11.2 Å². The number of rotatable bonds is 4. The highest BCUT2D eigenvalue weighted by molar-refractivity contribution is 6.06. The first-order chi connectivity index (χ1) is 22.1. The van der Waals surface area contributed by atoms with E-state index < -0.39 is 0 Å². The summed E-state index contributed by atoms with van der Waals surface area (Å²) in [6.07, 6.45) is 9.20. The molecule has 2 aliphatic rings. The second kappa shape index (κ2) is 9.84. The van der Waals surface area contributed by atoms with Crippen LogP contribution in [0.1, 0.15) is 30.9 Å². The molecular weight excluding hydrogens is 546 g/mol. The molecule has 2 nitrogen and oxygen atoms in total. The van der Waals surface area contributed by atoms with Gasteiger partial charge < -0.3 is 9.32 Å². The summed E-state index contributed by atoms with van der Waals surface area (Å²) in [6, 6.07) is 46.2. The van der Waals surface area contributed by atoms with E-state index in [0.29, 0.717) is 11.8 Å². The fraction of sp³-hybridized carbons (Fsp3) is 0.116. The summed E-state index contributed by atoms with van der Waals surface area (Å²) in [5.74, 6) is 0.909. The Bertz CT molecular complexity index is 2310. The van der Waals surface area contributed by atoms with Crippen molar-refractivity contribution >= 4 is 49.8 Å².